The van der Waals surface area contributed by atoms with Crippen molar-refractivity contribution < 1.29 is 18.0 Å². The number of aromatic nitrogens is 2. The second-order valence-electron chi connectivity index (χ2n) is 4.76. The van der Waals surface area contributed by atoms with Gasteiger partial charge in [-0.3, -0.25) is 0 Å². The third kappa shape index (κ3) is 2.22. The standard InChI is InChI=1S/C13H11F3N4O/c14-8-3-10(16)11(4-9(8)15)20-12-6-19(13(17)21)2-1-7(12)5-18-20/h3-5H,1-2,6H2,(H2,17,21). The Labute approximate surface area is 117 Å². The molecule has 0 spiro atoms. The normalized spacial score (nSPS) is 14.1. The van der Waals surface area contributed by atoms with Gasteiger partial charge in [-0.2, -0.15) is 5.10 Å². The van der Waals surface area contributed by atoms with Crippen molar-refractivity contribution in [1.29, 1.82) is 0 Å². The fraction of sp³-hybridized carbons (Fsp3) is 0.231. The number of nitrogens with zero attached hydrogens (tertiary/aromatic N) is 3. The second-order valence-corrected chi connectivity index (χ2v) is 4.76. The highest BCUT2D eigenvalue weighted by Gasteiger charge is 2.24. The molecule has 1 aromatic heterocycles. The molecule has 110 valence electrons. The lowest BCUT2D eigenvalue weighted by molar-refractivity contribution is 0.201. The van der Waals surface area contributed by atoms with Crippen molar-refractivity contribution in [2.75, 3.05) is 6.54 Å². The van der Waals surface area contributed by atoms with E-state index in [1.165, 1.54) is 15.8 Å². The summed E-state index contributed by atoms with van der Waals surface area (Å²) in [6.07, 6.45) is 2.04. The fourth-order valence-corrected chi connectivity index (χ4v) is 2.37. The molecular weight excluding hydrogens is 285 g/mol. The number of primary amides is 1. The van der Waals surface area contributed by atoms with E-state index < -0.39 is 23.5 Å². The monoisotopic (exact) mass is 296 g/mol. The summed E-state index contributed by atoms with van der Waals surface area (Å²) in [6, 6.07) is 0.605. The molecule has 0 fully saturated rings. The van der Waals surface area contributed by atoms with Gasteiger partial charge in [0, 0.05) is 18.7 Å². The van der Waals surface area contributed by atoms with Gasteiger partial charge in [-0.25, -0.2) is 22.6 Å². The highest BCUT2D eigenvalue weighted by molar-refractivity contribution is 5.72. The maximum absolute atomic E-state index is 13.8. The van der Waals surface area contributed by atoms with Gasteiger partial charge in [-0.05, 0) is 12.0 Å². The predicted octanol–water partition coefficient (Wildman–Crippen LogP) is 1.73. The van der Waals surface area contributed by atoms with E-state index in [0.29, 0.717) is 24.7 Å². The van der Waals surface area contributed by atoms with Gasteiger partial charge in [0.05, 0.1) is 18.4 Å². The maximum atomic E-state index is 13.8. The van der Waals surface area contributed by atoms with Crippen LogP contribution in [-0.4, -0.2) is 27.3 Å². The summed E-state index contributed by atoms with van der Waals surface area (Å²) in [6.45, 7) is 0.581. The molecule has 0 saturated carbocycles. The molecule has 1 aliphatic heterocycles. The summed E-state index contributed by atoms with van der Waals surface area (Å²) in [4.78, 5) is 12.6. The van der Waals surface area contributed by atoms with E-state index in [9.17, 15) is 18.0 Å². The third-order valence-electron chi connectivity index (χ3n) is 3.48. The van der Waals surface area contributed by atoms with Gasteiger partial charge in [0.15, 0.2) is 17.5 Å². The first-order chi connectivity index (χ1) is 9.97. The largest absolute Gasteiger partial charge is 0.351 e. The smallest absolute Gasteiger partial charge is 0.315 e. The molecule has 0 bridgehead atoms. The van der Waals surface area contributed by atoms with Crippen LogP contribution in [0.15, 0.2) is 18.3 Å². The summed E-state index contributed by atoms with van der Waals surface area (Å²) < 4.78 is 41.3. The van der Waals surface area contributed by atoms with E-state index in [1.807, 2.05) is 0 Å². The Bertz CT molecular complexity index is 728. The average molecular weight is 296 g/mol. The van der Waals surface area contributed by atoms with Crippen molar-refractivity contribution in [3.05, 3.63) is 47.0 Å². The Morgan fingerprint density at radius 1 is 1.19 bits per heavy atom. The number of hydrogen-bond acceptors (Lipinski definition) is 2. The zero-order valence-electron chi connectivity index (χ0n) is 10.8. The maximum Gasteiger partial charge on any atom is 0.315 e. The molecule has 2 N–H and O–H groups in total. The number of nitrogens with two attached hydrogens (primary N) is 1. The summed E-state index contributed by atoms with van der Waals surface area (Å²) in [7, 11) is 0. The minimum absolute atomic E-state index is 0.142. The minimum Gasteiger partial charge on any atom is -0.351 e. The predicted molar refractivity (Wildman–Crippen MR) is 67.1 cm³/mol. The highest BCUT2D eigenvalue weighted by atomic mass is 19.2. The number of amides is 2. The van der Waals surface area contributed by atoms with Gasteiger partial charge >= 0.3 is 6.03 Å². The lowest BCUT2D eigenvalue weighted by Crippen LogP contribution is -2.40. The van der Waals surface area contributed by atoms with Crippen molar-refractivity contribution in [3.63, 3.8) is 0 Å². The molecule has 2 amide bonds. The molecule has 8 heteroatoms. The van der Waals surface area contributed by atoms with Crippen LogP contribution in [-0.2, 0) is 13.0 Å². The number of carbonyl (C=O) groups excluding carboxylic acids is 1. The molecule has 3 rings (SSSR count). The molecular formula is C13H11F3N4O. The molecule has 2 aromatic rings. The number of fused-ring (bicyclic) bond motifs is 1. The van der Waals surface area contributed by atoms with Crippen LogP contribution >= 0.6 is 0 Å². The van der Waals surface area contributed by atoms with Gasteiger partial charge in [0.2, 0.25) is 0 Å². The first-order valence-corrected chi connectivity index (χ1v) is 6.22. The summed E-state index contributed by atoms with van der Waals surface area (Å²) in [5.41, 5.74) is 6.37. The van der Waals surface area contributed by atoms with Crippen molar-refractivity contribution >= 4 is 6.03 Å². The second kappa shape index (κ2) is 4.80. The number of benzene rings is 1. The van der Waals surface area contributed by atoms with Crippen LogP contribution < -0.4 is 5.73 Å². The first kappa shape index (κ1) is 13.5. The van der Waals surface area contributed by atoms with E-state index in [0.717, 1.165) is 11.6 Å². The van der Waals surface area contributed by atoms with E-state index in [2.05, 4.69) is 5.10 Å². The van der Waals surface area contributed by atoms with Gasteiger partial charge in [0.25, 0.3) is 0 Å². The number of rotatable bonds is 1. The topological polar surface area (TPSA) is 64.2 Å². The molecule has 0 radical (unpaired) electrons. The Morgan fingerprint density at radius 2 is 1.90 bits per heavy atom. The van der Waals surface area contributed by atoms with Crippen LogP contribution in [0.5, 0.6) is 0 Å². The van der Waals surface area contributed by atoms with Gasteiger partial charge in [0.1, 0.15) is 5.69 Å². The summed E-state index contributed by atoms with van der Waals surface area (Å²) in [5, 5.41) is 4.00. The lowest BCUT2D eigenvalue weighted by Gasteiger charge is -2.26. The van der Waals surface area contributed by atoms with Crippen molar-refractivity contribution in [3.8, 4) is 5.69 Å². The van der Waals surface area contributed by atoms with Crippen molar-refractivity contribution in [2.45, 2.75) is 13.0 Å². The Kier molecular flexibility index (Phi) is 3.08. The molecule has 2 heterocycles. The van der Waals surface area contributed by atoms with E-state index >= 15 is 0 Å². The Morgan fingerprint density at radius 3 is 2.62 bits per heavy atom. The van der Waals surface area contributed by atoms with Crippen LogP contribution in [0.4, 0.5) is 18.0 Å². The Hall–Kier alpha value is -2.51. The van der Waals surface area contributed by atoms with Crippen LogP contribution in [0, 0.1) is 17.5 Å². The number of carbonyl (C=O) groups is 1. The van der Waals surface area contributed by atoms with Crippen molar-refractivity contribution in [2.24, 2.45) is 5.73 Å². The van der Waals surface area contributed by atoms with Crippen LogP contribution in [0.1, 0.15) is 11.3 Å². The molecule has 1 aromatic carbocycles. The number of urea groups is 1. The molecule has 0 aliphatic carbocycles. The van der Waals surface area contributed by atoms with Gasteiger partial charge < -0.3 is 10.6 Å². The SMILES string of the molecule is NC(=O)N1CCc2cnn(-c3cc(F)c(F)cc3F)c2C1. The van der Waals surface area contributed by atoms with Crippen LogP contribution in [0.25, 0.3) is 5.69 Å². The zero-order chi connectivity index (χ0) is 15.1. The minimum atomic E-state index is -1.27. The molecule has 5 nitrogen and oxygen atoms in total. The quantitative estimate of drug-likeness (QED) is 0.814. The highest BCUT2D eigenvalue weighted by Crippen LogP contribution is 2.24. The van der Waals surface area contributed by atoms with E-state index in [-0.39, 0.29) is 12.2 Å². The fourth-order valence-electron chi connectivity index (χ4n) is 2.37. The van der Waals surface area contributed by atoms with Crippen molar-refractivity contribution in [1.82, 2.24) is 14.7 Å². The molecule has 0 atom stereocenters. The van der Waals surface area contributed by atoms with Crippen LogP contribution in [0.2, 0.25) is 0 Å². The van der Waals surface area contributed by atoms with Crippen LogP contribution in [0.3, 0.4) is 0 Å². The van der Waals surface area contributed by atoms with Gasteiger partial charge in [-0.1, -0.05) is 0 Å². The Balaban J connectivity index is 2.08. The third-order valence-corrected chi connectivity index (χ3v) is 3.48. The molecule has 0 saturated heterocycles. The summed E-state index contributed by atoms with van der Waals surface area (Å²) >= 11 is 0. The molecule has 1 aliphatic rings. The number of hydrogen-bond donors (Lipinski definition) is 1. The molecule has 21 heavy (non-hydrogen) atoms. The van der Waals surface area contributed by atoms with Gasteiger partial charge in [-0.15, -0.1) is 0 Å². The van der Waals surface area contributed by atoms with E-state index in [1.54, 1.807) is 0 Å². The number of halogens is 3. The van der Waals surface area contributed by atoms with E-state index in [4.69, 9.17) is 5.73 Å². The first-order valence-electron chi connectivity index (χ1n) is 6.22. The zero-order valence-corrected chi connectivity index (χ0v) is 10.8. The average Bonchev–Trinajstić information content (AvgIpc) is 2.85. The molecule has 0 unspecified atom stereocenters. The lowest BCUT2D eigenvalue weighted by atomic mass is 10.1. The summed E-state index contributed by atoms with van der Waals surface area (Å²) in [5.74, 6) is -3.37.